The number of urea groups is 1. The maximum absolute atomic E-state index is 12.9. The average Bonchev–Trinajstić information content (AvgIpc) is 3.29. The summed E-state index contributed by atoms with van der Waals surface area (Å²) in [4.78, 5) is 51.4. The van der Waals surface area contributed by atoms with E-state index in [2.05, 4.69) is 31.4 Å². The van der Waals surface area contributed by atoms with Gasteiger partial charge in [-0.1, -0.05) is 26.8 Å². The molecule has 1 aromatic heterocycles. The monoisotopic (exact) mass is 449 g/mol. The number of rotatable bonds is 7. The van der Waals surface area contributed by atoms with Gasteiger partial charge in [0, 0.05) is 11.4 Å². The van der Waals surface area contributed by atoms with Gasteiger partial charge in [0.2, 0.25) is 0 Å². The van der Waals surface area contributed by atoms with Crippen LogP contribution in [0.4, 0.5) is 4.79 Å². The molecule has 0 bridgehead atoms. The van der Waals surface area contributed by atoms with E-state index in [4.69, 9.17) is 4.74 Å². The Labute approximate surface area is 186 Å². The van der Waals surface area contributed by atoms with E-state index in [1.54, 1.807) is 11.3 Å². The third-order valence-corrected chi connectivity index (χ3v) is 7.17. The molecule has 8 nitrogen and oxygen atoms in total. The summed E-state index contributed by atoms with van der Waals surface area (Å²) < 4.78 is 4.97. The summed E-state index contributed by atoms with van der Waals surface area (Å²) in [6, 6.07) is 3.36. The Hall–Kier alpha value is -2.42. The van der Waals surface area contributed by atoms with Crippen LogP contribution in [0.25, 0.3) is 0 Å². The molecule has 1 aliphatic heterocycles. The fourth-order valence-corrected chi connectivity index (χ4v) is 5.00. The maximum Gasteiger partial charge on any atom is 0.326 e. The fourth-order valence-electron chi connectivity index (χ4n) is 4.29. The van der Waals surface area contributed by atoms with Gasteiger partial charge >= 0.3 is 12.0 Å². The molecule has 0 atom stereocenters. The van der Waals surface area contributed by atoms with E-state index < -0.39 is 36.6 Å². The molecular formula is C22H31N3O5S. The Kier molecular flexibility index (Phi) is 7.03. The predicted octanol–water partition coefficient (Wildman–Crippen LogP) is 2.48. The summed E-state index contributed by atoms with van der Waals surface area (Å²) >= 11 is 1.61. The Morgan fingerprint density at radius 1 is 1.29 bits per heavy atom. The van der Waals surface area contributed by atoms with Crippen molar-refractivity contribution in [1.82, 2.24) is 15.5 Å². The van der Waals surface area contributed by atoms with Crippen molar-refractivity contribution < 1.29 is 23.9 Å². The van der Waals surface area contributed by atoms with Crippen LogP contribution in [-0.2, 0) is 25.5 Å². The molecule has 0 unspecified atom stereocenters. The number of amides is 4. The number of nitrogens with zero attached hydrogens (tertiary/aromatic N) is 1. The number of esters is 1. The van der Waals surface area contributed by atoms with E-state index in [1.165, 1.54) is 0 Å². The molecule has 1 saturated carbocycles. The first kappa shape index (κ1) is 23.2. The minimum absolute atomic E-state index is 0.154. The highest BCUT2D eigenvalue weighted by atomic mass is 32.1. The molecular weight excluding hydrogens is 418 g/mol. The molecule has 3 rings (SSSR count). The van der Waals surface area contributed by atoms with Gasteiger partial charge in [-0.2, -0.15) is 0 Å². The molecule has 2 aliphatic rings. The largest absolute Gasteiger partial charge is 0.454 e. The number of carbonyl (C=O) groups is 4. The highest BCUT2D eigenvalue weighted by Crippen LogP contribution is 2.43. The van der Waals surface area contributed by atoms with Crippen molar-refractivity contribution in [3.8, 4) is 0 Å². The van der Waals surface area contributed by atoms with Crippen LogP contribution < -0.4 is 10.6 Å². The standard InChI is InChI=1S/C22H31N3O5S/c1-21(2,3)15-6-9-22(10-7-15)19(28)25(20(29)24-22)13-18(27)30-14-17(26)23-11-8-16-5-4-12-31-16/h4-5,12,15H,6-11,13-14H2,1-3H3,(H,23,26)(H,24,29). The van der Waals surface area contributed by atoms with Crippen molar-refractivity contribution in [2.45, 2.75) is 58.4 Å². The number of hydrogen-bond acceptors (Lipinski definition) is 6. The van der Waals surface area contributed by atoms with Crippen LogP contribution in [0.1, 0.15) is 51.3 Å². The number of carbonyl (C=O) groups excluding carboxylic acids is 4. The second-order valence-corrected chi connectivity index (χ2v) is 10.4. The molecule has 1 aliphatic carbocycles. The van der Waals surface area contributed by atoms with E-state index in [9.17, 15) is 19.2 Å². The topological polar surface area (TPSA) is 105 Å². The highest BCUT2D eigenvalue weighted by Gasteiger charge is 2.53. The van der Waals surface area contributed by atoms with Crippen LogP contribution in [0, 0.1) is 11.3 Å². The second-order valence-electron chi connectivity index (χ2n) is 9.38. The Bertz CT molecular complexity index is 823. The molecule has 0 radical (unpaired) electrons. The minimum Gasteiger partial charge on any atom is -0.454 e. The van der Waals surface area contributed by atoms with Crippen LogP contribution in [0.15, 0.2) is 17.5 Å². The molecule has 4 amide bonds. The van der Waals surface area contributed by atoms with Crippen molar-refractivity contribution in [3.63, 3.8) is 0 Å². The van der Waals surface area contributed by atoms with Crippen molar-refractivity contribution in [2.75, 3.05) is 19.7 Å². The van der Waals surface area contributed by atoms with Crippen molar-refractivity contribution in [3.05, 3.63) is 22.4 Å². The summed E-state index contributed by atoms with van der Waals surface area (Å²) in [6.45, 7) is 6.08. The number of imide groups is 1. The Morgan fingerprint density at radius 3 is 2.61 bits per heavy atom. The quantitative estimate of drug-likeness (QED) is 0.492. The fraction of sp³-hybridized carbons (Fsp3) is 0.636. The molecule has 31 heavy (non-hydrogen) atoms. The lowest BCUT2D eigenvalue weighted by Gasteiger charge is -2.40. The van der Waals surface area contributed by atoms with Gasteiger partial charge in [0.1, 0.15) is 12.1 Å². The van der Waals surface area contributed by atoms with Crippen LogP contribution in [0.5, 0.6) is 0 Å². The average molecular weight is 450 g/mol. The SMILES string of the molecule is CC(C)(C)C1CCC2(CC1)NC(=O)N(CC(=O)OCC(=O)NCCc1cccs1)C2=O. The first-order valence-corrected chi connectivity index (χ1v) is 11.6. The zero-order chi connectivity index (χ0) is 22.6. The lowest BCUT2D eigenvalue weighted by molar-refractivity contribution is -0.151. The third kappa shape index (κ3) is 5.64. The van der Waals surface area contributed by atoms with Gasteiger partial charge in [-0.15, -0.1) is 11.3 Å². The molecule has 1 saturated heterocycles. The van der Waals surface area contributed by atoms with E-state index in [0.717, 1.165) is 22.6 Å². The zero-order valence-electron chi connectivity index (χ0n) is 18.4. The molecule has 2 heterocycles. The van der Waals surface area contributed by atoms with E-state index in [0.29, 0.717) is 31.7 Å². The highest BCUT2D eigenvalue weighted by molar-refractivity contribution is 7.09. The van der Waals surface area contributed by atoms with Crippen LogP contribution >= 0.6 is 11.3 Å². The molecule has 9 heteroatoms. The normalized spacial score (nSPS) is 23.7. The third-order valence-electron chi connectivity index (χ3n) is 6.23. The number of thiophene rings is 1. The van der Waals surface area contributed by atoms with Crippen molar-refractivity contribution in [1.29, 1.82) is 0 Å². The number of hydrogen-bond donors (Lipinski definition) is 2. The summed E-state index contributed by atoms with van der Waals surface area (Å²) in [5, 5.41) is 7.45. The molecule has 1 aromatic rings. The van der Waals surface area contributed by atoms with Crippen LogP contribution in [0.2, 0.25) is 0 Å². The molecule has 2 fully saturated rings. The van der Waals surface area contributed by atoms with Gasteiger partial charge in [-0.3, -0.25) is 19.3 Å². The van der Waals surface area contributed by atoms with Crippen LogP contribution in [0.3, 0.4) is 0 Å². The van der Waals surface area contributed by atoms with Crippen LogP contribution in [-0.4, -0.2) is 54.0 Å². The van der Waals surface area contributed by atoms with Gasteiger partial charge in [0.25, 0.3) is 11.8 Å². The van der Waals surface area contributed by atoms with E-state index >= 15 is 0 Å². The van der Waals surface area contributed by atoms with Gasteiger partial charge < -0.3 is 15.4 Å². The lowest BCUT2D eigenvalue weighted by atomic mass is 9.67. The Morgan fingerprint density at radius 2 is 2.00 bits per heavy atom. The summed E-state index contributed by atoms with van der Waals surface area (Å²) in [5.41, 5.74) is -0.764. The zero-order valence-corrected chi connectivity index (χ0v) is 19.2. The number of ether oxygens (including phenoxy) is 1. The molecule has 0 aromatic carbocycles. The smallest absolute Gasteiger partial charge is 0.326 e. The molecule has 170 valence electrons. The summed E-state index contributed by atoms with van der Waals surface area (Å²) in [5.74, 6) is -1.08. The van der Waals surface area contributed by atoms with Gasteiger partial charge in [0.05, 0.1) is 0 Å². The molecule has 2 N–H and O–H groups in total. The maximum atomic E-state index is 12.9. The number of nitrogens with one attached hydrogen (secondary N) is 2. The lowest BCUT2D eigenvalue weighted by Crippen LogP contribution is -2.50. The van der Waals surface area contributed by atoms with Gasteiger partial charge in [-0.25, -0.2) is 4.79 Å². The summed E-state index contributed by atoms with van der Waals surface area (Å²) in [6.07, 6.45) is 3.53. The van der Waals surface area contributed by atoms with Crippen molar-refractivity contribution in [2.24, 2.45) is 11.3 Å². The Balaban J connectivity index is 1.43. The molecule has 1 spiro atoms. The van der Waals surface area contributed by atoms with Gasteiger partial charge in [-0.05, 0) is 54.9 Å². The first-order chi connectivity index (χ1) is 14.6. The predicted molar refractivity (Wildman–Crippen MR) is 116 cm³/mol. The first-order valence-electron chi connectivity index (χ1n) is 10.7. The summed E-state index contributed by atoms with van der Waals surface area (Å²) in [7, 11) is 0. The minimum atomic E-state index is -0.918. The second kappa shape index (κ2) is 9.38. The van der Waals surface area contributed by atoms with E-state index in [1.807, 2.05) is 17.5 Å². The van der Waals surface area contributed by atoms with Gasteiger partial charge in [0.15, 0.2) is 6.61 Å². The van der Waals surface area contributed by atoms with Crippen molar-refractivity contribution >= 4 is 35.2 Å². The van der Waals surface area contributed by atoms with E-state index in [-0.39, 0.29) is 11.3 Å².